The van der Waals surface area contributed by atoms with Crippen molar-refractivity contribution in [2.45, 2.75) is 0 Å². The number of halogens is 3. The number of hydrazone groups is 1. The fourth-order valence-corrected chi connectivity index (χ4v) is 2.74. The molecule has 7 heteroatoms. The Bertz CT molecular complexity index is 850. The molecule has 1 N–H and O–H groups in total. The number of hydrogen-bond acceptors (Lipinski definition) is 4. The summed E-state index contributed by atoms with van der Waals surface area (Å²) in [5, 5.41) is 6.36. The van der Waals surface area contributed by atoms with E-state index in [9.17, 15) is 8.78 Å². The van der Waals surface area contributed by atoms with Crippen molar-refractivity contribution in [3.63, 3.8) is 0 Å². The average Bonchev–Trinajstić information content (AvgIpc) is 3.04. The summed E-state index contributed by atoms with van der Waals surface area (Å²) in [7, 11) is 0. The van der Waals surface area contributed by atoms with Crippen molar-refractivity contribution in [3.05, 3.63) is 70.1 Å². The van der Waals surface area contributed by atoms with Gasteiger partial charge in [0.25, 0.3) is 0 Å². The van der Waals surface area contributed by atoms with Crippen LogP contribution in [0.5, 0.6) is 0 Å². The van der Waals surface area contributed by atoms with Crippen LogP contribution in [0.25, 0.3) is 11.3 Å². The number of anilines is 1. The fourth-order valence-electron chi connectivity index (χ4n) is 1.88. The summed E-state index contributed by atoms with van der Waals surface area (Å²) >= 11 is 7.18. The van der Waals surface area contributed by atoms with Gasteiger partial charge in [-0.3, -0.25) is 5.43 Å². The van der Waals surface area contributed by atoms with Gasteiger partial charge in [-0.15, -0.1) is 11.3 Å². The van der Waals surface area contributed by atoms with Crippen LogP contribution in [-0.2, 0) is 0 Å². The maximum absolute atomic E-state index is 13.6. The van der Waals surface area contributed by atoms with Crippen molar-refractivity contribution in [3.8, 4) is 11.3 Å². The molecule has 0 spiro atoms. The van der Waals surface area contributed by atoms with Crippen LogP contribution in [0.2, 0.25) is 5.02 Å². The van der Waals surface area contributed by atoms with Gasteiger partial charge >= 0.3 is 0 Å². The molecule has 0 fully saturated rings. The Kier molecular flexibility index (Phi) is 4.64. The number of rotatable bonds is 4. The third kappa shape index (κ3) is 3.55. The van der Waals surface area contributed by atoms with Crippen LogP contribution in [0, 0.1) is 11.6 Å². The van der Waals surface area contributed by atoms with Crippen LogP contribution in [0.4, 0.5) is 13.9 Å². The molecule has 0 saturated carbocycles. The monoisotopic (exact) mass is 349 g/mol. The molecular weight excluding hydrogens is 340 g/mol. The highest BCUT2D eigenvalue weighted by atomic mass is 35.5. The second-order valence-electron chi connectivity index (χ2n) is 4.53. The molecule has 0 saturated heterocycles. The number of benzene rings is 2. The lowest BCUT2D eigenvalue weighted by atomic mass is 10.2. The molecule has 0 aliphatic carbocycles. The lowest BCUT2D eigenvalue weighted by Gasteiger charge is -2.01. The number of nitrogens with one attached hydrogen (secondary N) is 1. The zero-order valence-corrected chi connectivity index (χ0v) is 13.2. The minimum atomic E-state index is -1.04. The number of hydrogen-bond donors (Lipinski definition) is 1. The van der Waals surface area contributed by atoms with Crippen molar-refractivity contribution >= 4 is 34.3 Å². The second kappa shape index (κ2) is 6.85. The molecule has 3 nitrogen and oxygen atoms in total. The van der Waals surface area contributed by atoms with Crippen molar-refractivity contribution in [2.75, 3.05) is 5.43 Å². The fraction of sp³-hybridized carbons (Fsp3) is 0. The zero-order chi connectivity index (χ0) is 16.2. The van der Waals surface area contributed by atoms with Crippen LogP contribution in [0.3, 0.4) is 0 Å². The first-order valence-electron chi connectivity index (χ1n) is 6.58. The van der Waals surface area contributed by atoms with Gasteiger partial charge in [0.2, 0.25) is 5.13 Å². The Balaban J connectivity index is 1.75. The van der Waals surface area contributed by atoms with Gasteiger partial charge in [-0.1, -0.05) is 41.9 Å². The van der Waals surface area contributed by atoms with Gasteiger partial charge in [0.05, 0.1) is 22.5 Å². The van der Waals surface area contributed by atoms with Gasteiger partial charge in [0, 0.05) is 10.9 Å². The smallest absolute Gasteiger partial charge is 0.203 e. The summed E-state index contributed by atoms with van der Waals surface area (Å²) in [5.41, 5.74) is 4.37. The SMILES string of the molecule is Fc1ccc(Cl)c(C=NNc2nc(-c3ccccc3)cs2)c1F. The van der Waals surface area contributed by atoms with Crippen molar-refractivity contribution < 1.29 is 8.78 Å². The predicted octanol–water partition coefficient (Wildman–Crippen LogP) is 5.19. The minimum absolute atomic E-state index is 0.0820. The van der Waals surface area contributed by atoms with E-state index in [0.29, 0.717) is 5.13 Å². The third-order valence-electron chi connectivity index (χ3n) is 3.01. The van der Waals surface area contributed by atoms with Gasteiger partial charge < -0.3 is 0 Å². The lowest BCUT2D eigenvalue weighted by molar-refractivity contribution is 0.507. The van der Waals surface area contributed by atoms with E-state index in [-0.39, 0.29) is 10.6 Å². The molecule has 1 aromatic heterocycles. The normalized spacial score (nSPS) is 11.1. The maximum Gasteiger partial charge on any atom is 0.203 e. The Labute approximate surface area is 140 Å². The van der Waals surface area contributed by atoms with E-state index in [0.717, 1.165) is 23.5 Å². The van der Waals surface area contributed by atoms with Crippen LogP contribution >= 0.6 is 22.9 Å². The quantitative estimate of drug-likeness (QED) is 0.400. The largest absolute Gasteiger partial charge is 0.253 e. The first-order valence-corrected chi connectivity index (χ1v) is 7.84. The molecule has 0 unspecified atom stereocenters. The highest BCUT2D eigenvalue weighted by Crippen LogP contribution is 2.25. The second-order valence-corrected chi connectivity index (χ2v) is 5.80. The molecule has 0 amide bonds. The molecule has 3 rings (SSSR count). The summed E-state index contributed by atoms with van der Waals surface area (Å²) in [4.78, 5) is 4.37. The molecule has 116 valence electrons. The van der Waals surface area contributed by atoms with E-state index in [1.165, 1.54) is 17.4 Å². The van der Waals surface area contributed by atoms with Gasteiger partial charge in [-0.25, -0.2) is 13.8 Å². The highest BCUT2D eigenvalue weighted by Gasteiger charge is 2.10. The lowest BCUT2D eigenvalue weighted by Crippen LogP contribution is -1.96. The van der Waals surface area contributed by atoms with E-state index in [1.54, 1.807) is 0 Å². The molecule has 0 radical (unpaired) electrons. The Hall–Kier alpha value is -2.31. The third-order valence-corrected chi connectivity index (χ3v) is 4.08. The van der Waals surface area contributed by atoms with E-state index in [2.05, 4.69) is 15.5 Å². The predicted molar refractivity (Wildman–Crippen MR) is 90.1 cm³/mol. The Morgan fingerprint density at radius 1 is 1.13 bits per heavy atom. The molecule has 0 bridgehead atoms. The van der Waals surface area contributed by atoms with Crippen molar-refractivity contribution in [1.82, 2.24) is 4.98 Å². The molecule has 0 aliphatic rings. The van der Waals surface area contributed by atoms with Crippen molar-refractivity contribution in [2.24, 2.45) is 5.10 Å². The van der Waals surface area contributed by atoms with E-state index in [1.807, 2.05) is 35.7 Å². The zero-order valence-electron chi connectivity index (χ0n) is 11.6. The van der Waals surface area contributed by atoms with Gasteiger partial charge in [0.1, 0.15) is 0 Å². The van der Waals surface area contributed by atoms with E-state index >= 15 is 0 Å². The van der Waals surface area contributed by atoms with Crippen LogP contribution in [-0.4, -0.2) is 11.2 Å². The summed E-state index contributed by atoms with van der Waals surface area (Å²) in [6.07, 6.45) is 1.13. The van der Waals surface area contributed by atoms with E-state index < -0.39 is 11.6 Å². The highest BCUT2D eigenvalue weighted by molar-refractivity contribution is 7.14. The van der Waals surface area contributed by atoms with Crippen LogP contribution < -0.4 is 5.43 Å². The molecule has 1 heterocycles. The number of thiazole rings is 1. The first-order chi connectivity index (χ1) is 11.1. The Morgan fingerprint density at radius 3 is 2.70 bits per heavy atom. The molecular formula is C16H10ClF2N3S. The van der Waals surface area contributed by atoms with Crippen LogP contribution in [0.1, 0.15) is 5.56 Å². The van der Waals surface area contributed by atoms with Gasteiger partial charge in [0.15, 0.2) is 11.6 Å². The molecule has 3 aromatic rings. The summed E-state index contributed by atoms with van der Waals surface area (Å²) in [6, 6.07) is 11.9. The average molecular weight is 350 g/mol. The standard InChI is InChI=1S/C16H10ClF2N3S/c17-12-6-7-13(18)15(19)11(12)8-20-22-16-21-14(9-23-16)10-4-2-1-3-5-10/h1-9H,(H,21,22). The van der Waals surface area contributed by atoms with Crippen molar-refractivity contribution in [1.29, 1.82) is 0 Å². The molecule has 0 atom stereocenters. The van der Waals surface area contributed by atoms with Gasteiger partial charge in [-0.05, 0) is 12.1 Å². The summed E-state index contributed by atoms with van der Waals surface area (Å²) in [5.74, 6) is -2.01. The van der Waals surface area contributed by atoms with Gasteiger partial charge in [-0.2, -0.15) is 5.10 Å². The molecule has 0 aliphatic heterocycles. The number of nitrogens with zero attached hydrogens (tertiary/aromatic N) is 2. The topological polar surface area (TPSA) is 37.3 Å². The molecule has 23 heavy (non-hydrogen) atoms. The maximum atomic E-state index is 13.6. The first kappa shape index (κ1) is 15.6. The Morgan fingerprint density at radius 2 is 1.91 bits per heavy atom. The number of aromatic nitrogens is 1. The van der Waals surface area contributed by atoms with Crippen LogP contribution in [0.15, 0.2) is 52.9 Å². The van der Waals surface area contributed by atoms with E-state index in [4.69, 9.17) is 11.6 Å². The summed E-state index contributed by atoms with van der Waals surface area (Å²) < 4.78 is 26.8. The summed E-state index contributed by atoms with van der Waals surface area (Å²) in [6.45, 7) is 0. The molecule has 2 aromatic carbocycles. The minimum Gasteiger partial charge on any atom is -0.253 e.